The van der Waals surface area contributed by atoms with Gasteiger partial charge in [0.25, 0.3) is 20.2 Å². The molecule has 17 heavy (non-hydrogen) atoms. The predicted octanol–water partition coefficient (Wildman–Crippen LogP) is -0.0209. The Hall–Kier alpha value is -0.710. The number of carboxylic acids is 1. The zero-order chi connectivity index (χ0) is 13.9. The average Bonchev–Trinajstić information content (AvgIpc) is 2.06. The fraction of sp³-hybridized carbons (Fsp3) is 0.857. The van der Waals surface area contributed by atoms with Gasteiger partial charge in [-0.15, -0.1) is 0 Å². The topological polar surface area (TPSA) is 146 Å². The predicted molar refractivity (Wildman–Crippen MR) is 57.5 cm³/mol. The van der Waals surface area contributed by atoms with E-state index in [1.807, 2.05) is 0 Å². The van der Waals surface area contributed by atoms with Crippen molar-refractivity contribution >= 4 is 26.2 Å². The summed E-state index contributed by atoms with van der Waals surface area (Å²) in [5, 5.41) is 8.75. The number of carbonyl (C=O) groups is 1. The van der Waals surface area contributed by atoms with Crippen molar-refractivity contribution in [1.29, 1.82) is 0 Å². The molecule has 0 fully saturated rings. The van der Waals surface area contributed by atoms with Gasteiger partial charge in [0.05, 0.1) is 5.92 Å². The summed E-state index contributed by atoms with van der Waals surface area (Å²) in [6.45, 7) is 1.69. The molecule has 0 radical (unpaired) electrons. The highest BCUT2D eigenvalue weighted by Crippen LogP contribution is 2.23. The summed E-state index contributed by atoms with van der Waals surface area (Å²) in [6.07, 6.45) is 0.474. The molecule has 0 aromatic rings. The third kappa shape index (κ3) is 4.98. The highest BCUT2D eigenvalue weighted by molar-refractivity contribution is 8.04. The molecule has 0 bridgehead atoms. The number of hydrogen-bond donors (Lipinski definition) is 3. The van der Waals surface area contributed by atoms with Crippen molar-refractivity contribution < 1.29 is 35.8 Å². The first kappa shape index (κ1) is 16.3. The summed E-state index contributed by atoms with van der Waals surface area (Å²) in [6, 6.07) is 0. The minimum Gasteiger partial charge on any atom is -0.481 e. The van der Waals surface area contributed by atoms with Gasteiger partial charge >= 0.3 is 5.97 Å². The molecule has 0 aromatic heterocycles. The second kappa shape index (κ2) is 5.76. The second-order valence-electron chi connectivity index (χ2n) is 3.49. The number of aliphatic carboxylic acids is 1. The van der Waals surface area contributed by atoms with E-state index in [4.69, 9.17) is 14.2 Å². The van der Waals surface area contributed by atoms with Crippen molar-refractivity contribution in [1.82, 2.24) is 0 Å². The largest absolute Gasteiger partial charge is 0.481 e. The first-order valence-electron chi connectivity index (χ1n) is 4.67. The van der Waals surface area contributed by atoms with Gasteiger partial charge in [0.2, 0.25) is 4.58 Å². The molecular weight excluding hydrogens is 276 g/mol. The van der Waals surface area contributed by atoms with Gasteiger partial charge in [-0.2, -0.15) is 16.8 Å². The highest BCUT2D eigenvalue weighted by atomic mass is 32.3. The van der Waals surface area contributed by atoms with E-state index in [1.54, 1.807) is 6.92 Å². The summed E-state index contributed by atoms with van der Waals surface area (Å²) in [5.41, 5.74) is 0. The summed E-state index contributed by atoms with van der Waals surface area (Å²) in [5.74, 6) is -3.61. The van der Waals surface area contributed by atoms with Gasteiger partial charge in [-0.05, 0) is 6.42 Å². The first-order chi connectivity index (χ1) is 7.51. The van der Waals surface area contributed by atoms with Gasteiger partial charge in [-0.25, -0.2) is 0 Å². The van der Waals surface area contributed by atoms with Crippen molar-refractivity contribution in [2.24, 2.45) is 5.92 Å². The molecule has 0 aliphatic heterocycles. The lowest BCUT2D eigenvalue weighted by Crippen LogP contribution is -2.40. The van der Waals surface area contributed by atoms with E-state index in [0.29, 0.717) is 6.42 Å². The Labute approximate surface area is 99.1 Å². The summed E-state index contributed by atoms with van der Waals surface area (Å²) in [7, 11) is -10.4. The van der Waals surface area contributed by atoms with E-state index >= 15 is 0 Å². The van der Waals surface area contributed by atoms with Gasteiger partial charge in [0.15, 0.2) is 0 Å². The Kier molecular flexibility index (Phi) is 5.52. The minimum absolute atomic E-state index is 0.249. The Bertz CT molecular complexity index is 430. The molecule has 0 rings (SSSR count). The van der Waals surface area contributed by atoms with Gasteiger partial charge in [-0.3, -0.25) is 13.9 Å². The molecule has 0 saturated carbocycles. The third-order valence-electron chi connectivity index (χ3n) is 2.10. The van der Waals surface area contributed by atoms with Crippen LogP contribution in [0.5, 0.6) is 0 Å². The van der Waals surface area contributed by atoms with Crippen LogP contribution in [0.15, 0.2) is 0 Å². The van der Waals surface area contributed by atoms with E-state index in [2.05, 4.69) is 0 Å². The molecule has 0 aromatic carbocycles. The van der Waals surface area contributed by atoms with Gasteiger partial charge in [0.1, 0.15) is 0 Å². The lowest BCUT2D eigenvalue weighted by Gasteiger charge is -2.18. The average molecular weight is 290 g/mol. The number of carboxylic acid groups (broad SMARTS) is 1. The van der Waals surface area contributed by atoms with Crippen molar-refractivity contribution in [2.45, 2.75) is 30.8 Å². The fourth-order valence-electron chi connectivity index (χ4n) is 1.37. The van der Waals surface area contributed by atoms with Crippen LogP contribution in [-0.4, -0.2) is 41.6 Å². The van der Waals surface area contributed by atoms with E-state index in [-0.39, 0.29) is 12.8 Å². The first-order valence-corrected chi connectivity index (χ1v) is 7.67. The maximum atomic E-state index is 10.8. The smallest absolute Gasteiger partial charge is 0.309 e. The number of unbranched alkanes of at least 4 members (excludes halogenated alkanes) is 1. The standard InChI is InChI=1S/C7H14O8S2/c1-2-3-4-5(6(8)9)7(16(10,11)12)17(13,14)15/h5,7H,2-4H2,1H3,(H,8,9)(H,10,11,12)(H,13,14,15). The molecule has 0 aliphatic carbocycles. The second-order valence-corrected chi connectivity index (χ2v) is 6.86. The summed E-state index contributed by atoms with van der Waals surface area (Å²) >= 11 is 0. The maximum Gasteiger partial charge on any atom is 0.309 e. The Balaban J connectivity index is 5.48. The monoisotopic (exact) mass is 290 g/mol. The van der Waals surface area contributed by atoms with Crippen LogP contribution in [0, 0.1) is 5.92 Å². The van der Waals surface area contributed by atoms with Crippen LogP contribution >= 0.6 is 0 Å². The number of rotatable bonds is 7. The van der Waals surface area contributed by atoms with Crippen LogP contribution in [-0.2, 0) is 25.0 Å². The van der Waals surface area contributed by atoms with Crippen molar-refractivity contribution in [3.8, 4) is 0 Å². The molecule has 0 aliphatic rings. The quantitative estimate of drug-likeness (QED) is 0.554. The van der Waals surface area contributed by atoms with E-state index in [1.165, 1.54) is 0 Å². The zero-order valence-corrected chi connectivity index (χ0v) is 10.6. The molecule has 0 amide bonds. The van der Waals surface area contributed by atoms with Crippen molar-refractivity contribution in [3.63, 3.8) is 0 Å². The van der Waals surface area contributed by atoms with Crippen LogP contribution in [0.25, 0.3) is 0 Å². The molecule has 1 atom stereocenters. The van der Waals surface area contributed by atoms with Crippen LogP contribution in [0.2, 0.25) is 0 Å². The summed E-state index contributed by atoms with van der Waals surface area (Å²) in [4.78, 5) is 10.8. The number of hydrogen-bond acceptors (Lipinski definition) is 5. The Morgan fingerprint density at radius 3 is 1.76 bits per heavy atom. The van der Waals surface area contributed by atoms with Gasteiger partial charge in [0, 0.05) is 0 Å². The molecule has 102 valence electrons. The third-order valence-corrected chi connectivity index (χ3v) is 5.39. The van der Waals surface area contributed by atoms with E-state index in [9.17, 15) is 21.6 Å². The molecular formula is C7H14O8S2. The van der Waals surface area contributed by atoms with Crippen molar-refractivity contribution in [3.05, 3.63) is 0 Å². The van der Waals surface area contributed by atoms with Crippen molar-refractivity contribution in [2.75, 3.05) is 0 Å². The van der Waals surface area contributed by atoms with Gasteiger partial charge < -0.3 is 5.11 Å². The normalized spacial score (nSPS) is 14.8. The Morgan fingerprint density at radius 2 is 1.53 bits per heavy atom. The summed E-state index contributed by atoms with van der Waals surface area (Å²) < 4.78 is 58.0. The molecule has 10 heteroatoms. The molecule has 0 heterocycles. The molecule has 0 saturated heterocycles. The van der Waals surface area contributed by atoms with Crippen LogP contribution in [0.1, 0.15) is 26.2 Å². The highest BCUT2D eigenvalue weighted by Gasteiger charge is 2.45. The molecule has 0 spiro atoms. The van der Waals surface area contributed by atoms with Gasteiger partial charge in [-0.1, -0.05) is 19.8 Å². The zero-order valence-electron chi connectivity index (χ0n) is 8.98. The van der Waals surface area contributed by atoms with Crippen LogP contribution < -0.4 is 0 Å². The van der Waals surface area contributed by atoms with E-state index in [0.717, 1.165) is 0 Å². The lowest BCUT2D eigenvalue weighted by atomic mass is 10.0. The van der Waals surface area contributed by atoms with Crippen LogP contribution in [0.3, 0.4) is 0 Å². The van der Waals surface area contributed by atoms with Crippen LogP contribution in [0.4, 0.5) is 0 Å². The fourth-order valence-corrected chi connectivity index (χ4v) is 3.93. The molecule has 8 nitrogen and oxygen atoms in total. The SMILES string of the molecule is CCCCC(C(=O)O)C(S(=O)(=O)O)S(=O)(=O)O. The minimum atomic E-state index is -5.22. The molecule has 3 N–H and O–H groups in total. The lowest BCUT2D eigenvalue weighted by molar-refractivity contribution is -0.141. The Morgan fingerprint density at radius 1 is 1.12 bits per heavy atom. The van der Waals surface area contributed by atoms with E-state index < -0.39 is 36.7 Å². The molecule has 1 unspecified atom stereocenters. The maximum absolute atomic E-state index is 10.8.